The molecule has 0 atom stereocenters. The van der Waals surface area contributed by atoms with Gasteiger partial charge in [0.2, 0.25) is 0 Å². The van der Waals surface area contributed by atoms with E-state index in [9.17, 15) is 35.9 Å². The summed E-state index contributed by atoms with van der Waals surface area (Å²) in [7, 11) is 0. The molecule has 0 aromatic heterocycles. The highest BCUT2D eigenvalue weighted by molar-refractivity contribution is 5.91. The number of carbonyl (C=O) groups is 2. The van der Waals surface area contributed by atoms with Gasteiger partial charge in [-0.1, -0.05) is 31.2 Å². The van der Waals surface area contributed by atoms with Gasteiger partial charge in [0.25, 0.3) is 0 Å². The summed E-state index contributed by atoms with van der Waals surface area (Å²) >= 11 is 0. The number of hydrogen-bond donors (Lipinski definition) is 0. The molecule has 4 aromatic rings. The molecular weight excluding hydrogens is 514 g/mol. The van der Waals surface area contributed by atoms with E-state index in [0.717, 1.165) is 11.1 Å². The zero-order chi connectivity index (χ0) is 27.6. The third kappa shape index (κ3) is 5.69. The van der Waals surface area contributed by atoms with Crippen LogP contribution in [-0.2, 0) is 0 Å². The fraction of sp³-hybridized carbons (Fsp3) is 0.0714. The van der Waals surface area contributed by atoms with Crippen molar-refractivity contribution in [3.8, 4) is 11.5 Å². The second kappa shape index (κ2) is 10.8. The molecule has 4 aromatic carbocycles. The molecular formula is C28H16F6O4. The highest BCUT2D eigenvalue weighted by atomic mass is 19.2. The van der Waals surface area contributed by atoms with Crippen LogP contribution in [0.15, 0.2) is 72.8 Å². The van der Waals surface area contributed by atoms with Crippen LogP contribution in [0.5, 0.6) is 11.5 Å². The molecule has 0 aliphatic carbocycles. The summed E-state index contributed by atoms with van der Waals surface area (Å²) in [6.07, 6.45) is 0. The van der Waals surface area contributed by atoms with Gasteiger partial charge in [0.1, 0.15) is 11.5 Å². The largest absolute Gasteiger partial charge is 0.423 e. The number of rotatable bonds is 6. The van der Waals surface area contributed by atoms with Crippen LogP contribution in [-0.4, -0.2) is 11.9 Å². The molecule has 0 radical (unpaired) electrons. The van der Waals surface area contributed by atoms with Crippen molar-refractivity contribution in [1.82, 2.24) is 0 Å². The van der Waals surface area contributed by atoms with Gasteiger partial charge in [-0.15, -0.1) is 0 Å². The average Bonchev–Trinajstić information content (AvgIpc) is 2.90. The molecule has 0 aliphatic heterocycles. The Bertz CT molecular complexity index is 1360. The molecule has 0 spiro atoms. The van der Waals surface area contributed by atoms with Crippen LogP contribution in [0.1, 0.15) is 44.7 Å². The van der Waals surface area contributed by atoms with E-state index < -0.39 is 58.3 Å². The van der Waals surface area contributed by atoms with E-state index >= 15 is 0 Å². The lowest BCUT2D eigenvalue weighted by Crippen LogP contribution is -2.10. The van der Waals surface area contributed by atoms with Crippen LogP contribution in [0.4, 0.5) is 26.3 Å². The first-order valence-corrected chi connectivity index (χ1v) is 11.0. The number of ether oxygens (including phenoxy) is 2. The Labute approximate surface area is 212 Å². The zero-order valence-corrected chi connectivity index (χ0v) is 19.4. The van der Waals surface area contributed by atoms with Crippen LogP contribution in [0.25, 0.3) is 0 Å². The summed E-state index contributed by atoms with van der Waals surface area (Å²) in [5.74, 6) is -12.3. The van der Waals surface area contributed by atoms with Crippen molar-refractivity contribution >= 4 is 11.9 Å². The second-order valence-corrected chi connectivity index (χ2v) is 8.15. The van der Waals surface area contributed by atoms with Gasteiger partial charge in [0.15, 0.2) is 34.9 Å². The van der Waals surface area contributed by atoms with Crippen molar-refractivity contribution < 1.29 is 45.4 Å². The van der Waals surface area contributed by atoms with E-state index in [1.807, 2.05) is 6.92 Å². The van der Waals surface area contributed by atoms with Crippen molar-refractivity contribution in [2.75, 3.05) is 0 Å². The Balaban J connectivity index is 1.42. The van der Waals surface area contributed by atoms with Gasteiger partial charge in [-0.05, 0) is 35.4 Å². The maximum atomic E-state index is 13.3. The predicted octanol–water partition coefficient (Wildman–Crippen LogP) is 7.11. The molecule has 194 valence electrons. The highest BCUT2D eigenvalue weighted by Gasteiger charge is 2.18. The normalized spacial score (nSPS) is 10.9. The molecule has 0 saturated heterocycles. The van der Waals surface area contributed by atoms with Gasteiger partial charge >= 0.3 is 11.9 Å². The standard InChI is InChI=1S/C28H16F6O4/c1-14(15-2-6-17(7-3-15)27(35)37-19-10-21(29)25(33)22(30)11-19)16-4-8-18(9-5-16)28(36)38-20-12-23(31)26(34)24(32)13-20/h2-14H,1H3. The summed E-state index contributed by atoms with van der Waals surface area (Å²) in [6, 6.07) is 14.5. The number of benzene rings is 4. The highest BCUT2D eigenvalue weighted by Crippen LogP contribution is 2.26. The molecule has 0 bridgehead atoms. The first kappa shape index (κ1) is 26.5. The SMILES string of the molecule is CC(c1ccc(C(=O)Oc2cc(F)c(F)c(F)c2)cc1)c1ccc(C(=O)Oc2cc(F)c(F)c(F)c2)cc1. The molecule has 4 nitrogen and oxygen atoms in total. The van der Waals surface area contributed by atoms with Crippen molar-refractivity contribution in [3.63, 3.8) is 0 Å². The molecule has 0 aliphatic rings. The Kier molecular flexibility index (Phi) is 7.52. The second-order valence-electron chi connectivity index (χ2n) is 8.15. The molecule has 0 unspecified atom stereocenters. The molecule has 0 N–H and O–H groups in total. The minimum absolute atomic E-state index is 0.0813. The van der Waals surface area contributed by atoms with E-state index in [2.05, 4.69) is 0 Å². The van der Waals surface area contributed by atoms with Crippen molar-refractivity contribution in [3.05, 3.63) is 130 Å². The van der Waals surface area contributed by atoms with Crippen LogP contribution >= 0.6 is 0 Å². The lowest BCUT2D eigenvalue weighted by atomic mass is 9.92. The van der Waals surface area contributed by atoms with Gasteiger partial charge in [-0.3, -0.25) is 0 Å². The number of halogens is 6. The van der Waals surface area contributed by atoms with Gasteiger partial charge in [-0.2, -0.15) is 0 Å². The van der Waals surface area contributed by atoms with Crippen molar-refractivity contribution in [2.45, 2.75) is 12.8 Å². The monoisotopic (exact) mass is 530 g/mol. The molecule has 0 heterocycles. The summed E-state index contributed by atoms with van der Waals surface area (Å²) in [4.78, 5) is 24.6. The molecule has 0 amide bonds. The maximum Gasteiger partial charge on any atom is 0.343 e. The van der Waals surface area contributed by atoms with Gasteiger partial charge in [-0.25, -0.2) is 35.9 Å². The zero-order valence-electron chi connectivity index (χ0n) is 19.4. The lowest BCUT2D eigenvalue weighted by Gasteiger charge is -2.14. The number of carbonyl (C=O) groups excluding carboxylic acids is 2. The lowest BCUT2D eigenvalue weighted by molar-refractivity contribution is 0.0723. The van der Waals surface area contributed by atoms with Gasteiger partial charge < -0.3 is 9.47 Å². The predicted molar refractivity (Wildman–Crippen MR) is 123 cm³/mol. The molecule has 4 rings (SSSR count). The smallest absolute Gasteiger partial charge is 0.343 e. The summed E-state index contributed by atoms with van der Waals surface area (Å²) in [6.45, 7) is 1.86. The van der Waals surface area contributed by atoms with E-state index in [0.29, 0.717) is 24.3 Å². The number of hydrogen-bond acceptors (Lipinski definition) is 4. The molecule has 38 heavy (non-hydrogen) atoms. The van der Waals surface area contributed by atoms with Crippen LogP contribution < -0.4 is 9.47 Å². The minimum atomic E-state index is -1.67. The van der Waals surface area contributed by atoms with E-state index in [1.165, 1.54) is 24.3 Å². The van der Waals surface area contributed by atoms with Gasteiger partial charge in [0.05, 0.1) is 11.1 Å². The van der Waals surface area contributed by atoms with E-state index in [1.54, 1.807) is 24.3 Å². The quantitative estimate of drug-likeness (QED) is 0.115. The first-order chi connectivity index (χ1) is 18.0. The van der Waals surface area contributed by atoms with Crippen LogP contribution in [0.3, 0.4) is 0 Å². The maximum absolute atomic E-state index is 13.3. The summed E-state index contributed by atoms with van der Waals surface area (Å²) in [5, 5.41) is 0. The van der Waals surface area contributed by atoms with Crippen molar-refractivity contribution in [2.24, 2.45) is 0 Å². The Morgan fingerprint density at radius 3 is 1.13 bits per heavy atom. The topological polar surface area (TPSA) is 52.6 Å². The molecule has 0 fully saturated rings. The first-order valence-electron chi connectivity index (χ1n) is 11.0. The van der Waals surface area contributed by atoms with Gasteiger partial charge in [0, 0.05) is 30.2 Å². The summed E-state index contributed by atoms with van der Waals surface area (Å²) in [5.41, 5.74) is 1.71. The fourth-order valence-electron chi connectivity index (χ4n) is 3.52. The third-order valence-electron chi connectivity index (χ3n) is 5.63. The third-order valence-corrected chi connectivity index (χ3v) is 5.63. The molecule has 10 heteroatoms. The minimum Gasteiger partial charge on any atom is -0.423 e. The van der Waals surface area contributed by atoms with E-state index in [-0.39, 0.29) is 17.0 Å². The Morgan fingerprint density at radius 2 is 0.842 bits per heavy atom. The summed E-state index contributed by atoms with van der Waals surface area (Å²) < 4.78 is 89.3. The average molecular weight is 530 g/mol. The van der Waals surface area contributed by atoms with Crippen LogP contribution in [0.2, 0.25) is 0 Å². The van der Waals surface area contributed by atoms with Crippen molar-refractivity contribution in [1.29, 1.82) is 0 Å². The number of esters is 2. The Hall–Kier alpha value is -4.60. The molecule has 0 saturated carbocycles. The Morgan fingerprint density at radius 1 is 0.553 bits per heavy atom. The van der Waals surface area contributed by atoms with Crippen LogP contribution in [0, 0.1) is 34.9 Å². The van der Waals surface area contributed by atoms with E-state index in [4.69, 9.17) is 9.47 Å². The fourth-order valence-corrected chi connectivity index (χ4v) is 3.52.